The van der Waals surface area contributed by atoms with Crippen LogP contribution in [0.15, 0.2) is 33.5 Å². The van der Waals surface area contributed by atoms with Crippen LogP contribution in [-0.2, 0) is 13.0 Å². The second-order valence-corrected chi connectivity index (χ2v) is 4.64. The molecule has 3 rings (SSSR count). The summed E-state index contributed by atoms with van der Waals surface area (Å²) in [5.74, 6) is 1.46. The molecule has 21 heavy (non-hydrogen) atoms. The minimum absolute atomic E-state index is 0.387. The van der Waals surface area contributed by atoms with Crippen molar-refractivity contribution < 1.29 is 8.94 Å². The number of furan rings is 1. The molecule has 0 unspecified atom stereocenters. The summed E-state index contributed by atoms with van der Waals surface area (Å²) in [6, 6.07) is 3.55. The lowest BCUT2D eigenvalue weighted by Gasteiger charge is -1.94. The minimum atomic E-state index is 0.387. The molecule has 0 aliphatic rings. The number of unbranched alkanes of at least 4 members (excludes halogenated alkanes) is 1. The van der Waals surface area contributed by atoms with Crippen molar-refractivity contribution in [2.45, 2.75) is 25.8 Å². The molecule has 8 heteroatoms. The average molecular weight is 288 g/mol. The van der Waals surface area contributed by atoms with Gasteiger partial charge in [-0.3, -0.25) is 0 Å². The van der Waals surface area contributed by atoms with Crippen molar-refractivity contribution in [2.24, 2.45) is 5.73 Å². The molecule has 0 spiro atoms. The molecule has 110 valence electrons. The Bertz CT molecular complexity index is 672. The number of aryl methyl sites for hydroxylation is 1. The molecule has 0 aliphatic carbocycles. The molecule has 0 bridgehead atoms. The number of nitrogens with two attached hydrogens (primary N) is 1. The van der Waals surface area contributed by atoms with Crippen molar-refractivity contribution >= 4 is 0 Å². The van der Waals surface area contributed by atoms with E-state index in [0.717, 1.165) is 25.0 Å². The van der Waals surface area contributed by atoms with E-state index < -0.39 is 0 Å². The van der Waals surface area contributed by atoms with Crippen molar-refractivity contribution in [1.82, 2.24) is 25.1 Å². The molecule has 0 radical (unpaired) electrons. The third-order valence-corrected chi connectivity index (χ3v) is 2.98. The molecule has 0 fully saturated rings. The molecule has 2 N–H and O–H groups in total. The van der Waals surface area contributed by atoms with Gasteiger partial charge in [0.1, 0.15) is 6.54 Å². The molecular weight excluding hydrogens is 272 g/mol. The van der Waals surface area contributed by atoms with Crippen molar-refractivity contribution in [1.29, 1.82) is 0 Å². The molecule has 0 aliphatic heterocycles. The van der Waals surface area contributed by atoms with Crippen LogP contribution in [0.4, 0.5) is 0 Å². The molecule has 0 saturated heterocycles. The predicted octanol–water partition coefficient (Wildman–Crippen LogP) is 1.25. The van der Waals surface area contributed by atoms with Gasteiger partial charge >= 0.3 is 0 Å². The highest BCUT2D eigenvalue weighted by Crippen LogP contribution is 2.16. The Labute approximate surface area is 120 Å². The fourth-order valence-electron chi connectivity index (χ4n) is 1.94. The lowest BCUT2D eigenvalue weighted by Crippen LogP contribution is -2.00. The summed E-state index contributed by atoms with van der Waals surface area (Å²) >= 11 is 0. The zero-order valence-electron chi connectivity index (χ0n) is 11.5. The fourth-order valence-corrected chi connectivity index (χ4v) is 1.94. The predicted molar refractivity (Wildman–Crippen MR) is 73.1 cm³/mol. The van der Waals surface area contributed by atoms with Crippen LogP contribution in [0.5, 0.6) is 0 Å². The van der Waals surface area contributed by atoms with Crippen LogP contribution in [-0.4, -0.2) is 31.7 Å². The maximum absolute atomic E-state index is 5.47. The van der Waals surface area contributed by atoms with Gasteiger partial charge in [-0.1, -0.05) is 10.4 Å². The lowest BCUT2D eigenvalue weighted by molar-refractivity contribution is 0.363. The Morgan fingerprint density at radius 1 is 1.29 bits per heavy atom. The number of hydrogen-bond donors (Lipinski definition) is 1. The van der Waals surface area contributed by atoms with E-state index >= 15 is 0 Å². The topological polar surface area (TPSA) is 109 Å². The van der Waals surface area contributed by atoms with E-state index in [4.69, 9.17) is 14.7 Å². The van der Waals surface area contributed by atoms with E-state index in [9.17, 15) is 0 Å². The first-order chi connectivity index (χ1) is 10.3. The number of nitrogens with zero attached hydrogens (tertiary/aromatic N) is 5. The zero-order valence-corrected chi connectivity index (χ0v) is 11.5. The quantitative estimate of drug-likeness (QED) is 0.651. The van der Waals surface area contributed by atoms with Crippen LogP contribution >= 0.6 is 0 Å². The molecule has 0 amide bonds. The molecule has 3 heterocycles. The summed E-state index contributed by atoms with van der Waals surface area (Å²) < 4.78 is 12.1. The molecule has 0 aromatic carbocycles. The van der Waals surface area contributed by atoms with Gasteiger partial charge in [0.2, 0.25) is 11.7 Å². The van der Waals surface area contributed by atoms with Gasteiger partial charge < -0.3 is 14.7 Å². The summed E-state index contributed by atoms with van der Waals surface area (Å²) in [7, 11) is 0. The fraction of sp³-hybridized carbons (Fsp3) is 0.385. The van der Waals surface area contributed by atoms with E-state index in [1.165, 1.54) is 0 Å². The SMILES string of the molecule is NCCCCc1cn(Cc2nc(-c3ccco3)no2)nn1. The summed E-state index contributed by atoms with van der Waals surface area (Å²) in [6.45, 7) is 1.09. The number of hydrogen-bond acceptors (Lipinski definition) is 7. The average Bonchev–Trinajstić information content (AvgIpc) is 3.20. The molecule has 0 saturated carbocycles. The monoisotopic (exact) mass is 288 g/mol. The molecule has 3 aromatic heterocycles. The van der Waals surface area contributed by atoms with Crippen LogP contribution < -0.4 is 5.73 Å². The molecule has 0 atom stereocenters. The van der Waals surface area contributed by atoms with Crippen molar-refractivity contribution in [3.05, 3.63) is 36.2 Å². The Kier molecular flexibility index (Phi) is 4.06. The van der Waals surface area contributed by atoms with Crippen molar-refractivity contribution in [3.63, 3.8) is 0 Å². The normalized spacial score (nSPS) is 11.1. The van der Waals surface area contributed by atoms with E-state index in [1.807, 2.05) is 6.20 Å². The van der Waals surface area contributed by atoms with Gasteiger partial charge in [0, 0.05) is 6.20 Å². The smallest absolute Gasteiger partial charge is 0.248 e. The Morgan fingerprint density at radius 2 is 2.24 bits per heavy atom. The van der Waals surface area contributed by atoms with Crippen LogP contribution in [0.2, 0.25) is 0 Å². The largest absolute Gasteiger partial charge is 0.461 e. The minimum Gasteiger partial charge on any atom is -0.461 e. The third-order valence-electron chi connectivity index (χ3n) is 2.98. The zero-order chi connectivity index (χ0) is 14.5. The van der Waals surface area contributed by atoms with E-state index in [-0.39, 0.29) is 0 Å². The third kappa shape index (κ3) is 3.34. The van der Waals surface area contributed by atoms with E-state index in [1.54, 1.807) is 23.1 Å². The Hall–Kier alpha value is -2.48. The second-order valence-electron chi connectivity index (χ2n) is 4.64. The first-order valence-electron chi connectivity index (χ1n) is 6.80. The van der Waals surface area contributed by atoms with Gasteiger partial charge in [-0.05, 0) is 37.9 Å². The van der Waals surface area contributed by atoms with Crippen molar-refractivity contribution in [2.75, 3.05) is 6.54 Å². The van der Waals surface area contributed by atoms with Gasteiger partial charge in [-0.25, -0.2) is 4.68 Å². The van der Waals surface area contributed by atoms with E-state index in [2.05, 4.69) is 20.5 Å². The molecular formula is C13H16N6O2. The van der Waals surface area contributed by atoms with Gasteiger partial charge in [0.05, 0.1) is 12.0 Å². The van der Waals surface area contributed by atoms with Gasteiger partial charge in [-0.15, -0.1) is 5.10 Å². The maximum atomic E-state index is 5.47. The second kappa shape index (κ2) is 6.31. The molecule has 3 aromatic rings. The van der Waals surface area contributed by atoms with Gasteiger partial charge in [-0.2, -0.15) is 4.98 Å². The van der Waals surface area contributed by atoms with Crippen molar-refractivity contribution in [3.8, 4) is 11.6 Å². The Balaban J connectivity index is 1.61. The summed E-state index contributed by atoms with van der Waals surface area (Å²) in [6.07, 6.45) is 6.32. The van der Waals surface area contributed by atoms with Crippen LogP contribution in [0.3, 0.4) is 0 Å². The Morgan fingerprint density at radius 3 is 3.05 bits per heavy atom. The summed E-state index contributed by atoms with van der Waals surface area (Å²) in [4.78, 5) is 4.26. The van der Waals surface area contributed by atoms with Crippen LogP contribution in [0, 0.1) is 0 Å². The standard InChI is InChI=1S/C13H16N6O2/c14-6-2-1-4-10-8-19(18-16-10)9-12-15-13(17-21-12)11-5-3-7-20-11/h3,5,7-8H,1-2,4,6,9,14H2. The number of rotatable bonds is 7. The van der Waals surface area contributed by atoms with E-state index in [0.29, 0.717) is 30.6 Å². The summed E-state index contributed by atoms with van der Waals surface area (Å²) in [5.41, 5.74) is 6.41. The van der Waals surface area contributed by atoms with Crippen LogP contribution in [0.25, 0.3) is 11.6 Å². The lowest BCUT2D eigenvalue weighted by atomic mass is 10.2. The summed E-state index contributed by atoms with van der Waals surface area (Å²) in [5, 5.41) is 12.0. The van der Waals surface area contributed by atoms with Gasteiger partial charge in [0.25, 0.3) is 0 Å². The maximum Gasteiger partial charge on any atom is 0.248 e. The van der Waals surface area contributed by atoms with Gasteiger partial charge in [0.15, 0.2) is 5.76 Å². The van der Waals surface area contributed by atoms with Crippen LogP contribution in [0.1, 0.15) is 24.4 Å². The highest BCUT2D eigenvalue weighted by molar-refractivity contribution is 5.44. The first-order valence-corrected chi connectivity index (χ1v) is 6.80. The first kappa shape index (κ1) is 13.5. The molecule has 8 nitrogen and oxygen atoms in total. The number of aromatic nitrogens is 5. The highest BCUT2D eigenvalue weighted by atomic mass is 16.5. The highest BCUT2D eigenvalue weighted by Gasteiger charge is 2.12.